The molecular weight excluding hydrogens is 138 g/mol. The van der Waals surface area contributed by atoms with Gasteiger partial charge in [0.25, 0.3) is 0 Å². The van der Waals surface area contributed by atoms with Crippen LogP contribution in [-0.2, 0) is 5.41 Å². The first-order chi connectivity index (χ1) is 5.11. The fourth-order valence-electron chi connectivity index (χ4n) is 0.575. The molecule has 0 radical (unpaired) electrons. The van der Waals surface area contributed by atoms with Crippen molar-refractivity contribution in [3.8, 4) is 0 Å². The zero-order valence-electron chi connectivity index (χ0n) is 8.01. The van der Waals surface area contributed by atoms with E-state index in [2.05, 4.69) is 25.9 Å². The van der Waals surface area contributed by atoms with Crippen LogP contribution in [-0.4, -0.2) is 5.16 Å². The fraction of sp³-hybridized carbons (Fsp3) is 0.667. The zero-order chi connectivity index (χ0) is 8.91. The maximum absolute atomic E-state index is 4.69. The van der Waals surface area contributed by atoms with E-state index in [0.717, 1.165) is 5.56 Å². The molecule has 11 heavy (non-hydrogen) atoms. The number of hydrogen-bond acceptors (Lipinski definition) is 2. The maximum atomic E-state index is 4.69. The molecule has 1 aromatic rings. The number of aromatic nitrogens is 1. The molecule has 2 nitrogen and oxygen atoms in total. The minimum absolute atomic E-state index is 0.167. The van der Waals surface area contributed by atoms with Gasteiger partial charge in [0.1, 0.15) is 6.26 Å². The summed E-state index contributed by atoms with van der Waals surface area (Å²) < 4.78 is 4.69. The van der Waals surface area contributed by atoms with Crippen LogP contribution in [0.5, 0.6) is 0 Å². The summed E-state index contributed by atoms with van der Waals surface area (Å²) in [6.07, 6.45) is 3.43. The highest BCUT2D eigenvalue weighted by atomic mass is 16.5. The minimum atomic E-state index is 0.167. The van der Waals surface area contributed by atoms with Gasteiger partial charge in [-0.25, -0.2) is 0 Å². The molecule has 64 valence electrons. The van der Waals surface area contributed by atoms with Crippen LogP contribution in [0.15, 0.2) is 17.0 Å². The Bertz CT molecular complexity index is 172. The smallest absolute Gasteiger partial charge is 0.127 e. The second-order valence-corrected chi connectivity index (χ2v) is 3.16. The van der Waals surface area contributed by atoms with E-state index in [1.807, 2.05) is 13.8 Å². The van der Waals surface area contributed by atoms with Crippen molar-refractivity contribution in [3.63, 3.8) is 0 Å². The van der Waals surface area contributed by atoms with Crippen molar-refractivity contribution in [1.82, 2.24) is 5.16 Å². The molecule has 0 atom stereocenters. The summed E-state index contributed by atoms with van der Waals surface area (Å²) in [5.74, 6) is 0. The van der Waals surface area contributed by atoms with Crippen LogP contribution in [0.25, 0.3) is 0 Å². The van der Waals surface area contributed by atoms with E-state index in [9.17, 15) is 0 Å². The maximum Gasteiger partial charge on any atom is 0.127 e. The minimum Gasteiger partial charge on any atom is -0.364 e. The first-order valence-electron chi connectivity index (χ1n) is 4.00. The molecule has 0 fully saturated rings. The molecule has 0 saturated heterocycles. The molecule has 0 spiro atoms. The van der Waals surface area contributed by atoms with Crippen LogP contribution >= 0.6 is 0 Å². The quantitative estimate of drug-likeness (QED) is 0.575. The summed E-state index contributed by atoms with van der Waals surface area (Å²) in [5, 5.41) is 3.61. The normalized spacial score (nSPS) is 10.3. The molecule has 0 aliphatic carbocycles. The summed E-state index contributed by atoms with van der Waals surface area (Å²) in [7, 11) is 0. The summed E-state index contributed by atoms with van der Waals surface area (Å²) in [6.45, 7) is 10.4. The first kappa shape index (κ1) is 10.2. The summed E-state index contributed by atoms with van der Waals surface area (Å²) in [6, 6.07) is 0. The molecule has 0 N–H and O–H groups in total. The molecule has 1 aromatic heterocycles. The largest absolute Gasteiger partial charge is 0.364 e. The summed E-state index contributed by atoms with van der Waals surface area (Å²) >= 11 is 0. The van der Waals surface area contributed by atoms with E-state index in [4.69, 9.17) is 4.52 Å². The van der Waals surface area contributed by atoms with Gasteiger partial charge in [0.2, 0.25) is 0 Å². The van der Waals surface area contributed by atoms with E-state index in [0.29, 0.717) is 0 Å². The molecule has 0 unspecified atom stereocenters. The highest BCUT2D eigenvalue weighted by Crippen LogP contribution is 2.20. The lowest BCUT2D eigenvalue weighted by Crippen LogP contribution is -2.08. The van der Waals surface area contributed by atoms with Gasteiger partial charge in [0.05, 0.1) is 6.20 Å². The van der Waals surface area contributed by atoms with Crippen LogP contribution in [0.3, 0.4) is 0 Å². The van der Waals surface area contributed by atoms with Crippen LogP contribution in [0.4, 0.5) is 0 Å². The van der Waals surface area contributed by atoms with E-state index < -0.39 is 0 Å². The van der Waals surface area contributed by atoms with Crippen molar-refractivity contribution in [2.45, 2.75) is 40.0 Å². The van der Waals surface area contributed by atoms with Crippen molar-refractivity contribution in [2.75, 3.05) is 0 Å². The number of hydrogen-bond donors (Lipinski definition) is 0. The molecule has 0 aromatic carbocycles. The molecule has 2 heteroatoms. The van der Waals surface area contributed by atoms with Gasteiger partial charge in [-0.15, -0.1) is 0 Å². The van der Waals surface area contributed by atoms with Gasteiger partial charge in [0, 0.05) is 5.56 Å². The third-order valence-electron chi connectivity index (χ3n) is 1.30. The zero-order valence-corrected chi connectivity index (χ0v) is 8.01. The molecule has 1 rings (SSSR count). The number of rotatable bonds is 0. The fourth-order valence-corrected chi connectivity index (χ4v) is 0.575. The third kappa shape index (κ3) is 3.21. The Hall–Kier alpha value is -0.790. The van der Waals surface area contributed by atoms with E-state index in [1.165, 1.54) is 0 Å². The summed E-state index contributed by atoms with van der Waals surface area (Å²) in [5.41, 5.74) is 1.31. The lowest BCUT2D eigenvalue weighted by molar-refractivity contribution is 0.416. The van der Waals surface area contributed by atoms with Gasteiger partial charge in [0.15, 0.2) is 0 Å². The van der Waals surface area contributed by atoms with Gasteiger partial charge in [-0.2, -0.15) is 0 Å². The van der Waals surface area contributed by atoms with Crippen molar-refractivity contribution >= 4 is 0 Å². The second kappa shape index (κ2) is 4.16. The van der Waals surface area contributed by atoms with Crippen molar-refractivity contribution in [1.29, 1.82) is 0 Å². The predicted molar refractivity (Wildman–Crippen MR) is 46.6 cm³/mol. The predicted octanol–water partition coefficient (Wildman–Crippen LogP) is 3.00. The SMILES string of the molecule is CC.CC(C)(C)c1cnoc1. The summed E-state index contributed by atoms with van der Waals surface area (Å²) in [4.78, 5) is 0. The Morgan fingerprint density at radius 3 is 2.00 bits per heavy atom. The van der Waals surface area contributed by atoms with Gasteiger partial charge in [-0.3, -0.25) is 0 Å². The lowest BCUT2D eigenvalue weighted by Gasteiger charge is -2.13. The Morgan fingerprint density at radius 2 is 1.82 bits per heavy atom. The molecule has 0 bridgehead atoms. The second-order valence-electron chi connectivity index (χ2n) is 3.16. The number of nitrogens with zero attached hydrogens (tertiary/aromatic N) is 1. The van der Waals surface area contributed by atoms with Crippen LogP contribution in [0, 0.1) is 0 Å². The van der Waals surface area contributed by atoms with Crippen LogP contribution < -0.4 is 0 Å². The van der Waals surface area contributed by atoms with Gasteiger partial charge < -0.3 is 4.52 Å². The average molecular weight is 155 g/mol. The average Bonchev–Trinajstić information content (AvgIpc) is 2.40. The van der Waals surface area contributed by atoms with Crippen molar-refractivity contribution in [2.24, 2.45) is 0 Å². The van der Waals surface area contributed by atoms with Crippen molar-refractivity contribution in [3.05, 3.63) is 18.0 Å². The molecular formula is C9H17NO. The van der Waals surface area contributed by atoms with Crippen LogP contribution in [0.2, 0.25) is 0 Å². The third-order valence-corrected chi connectivity index (χ3v) is 1.30. The van der Waals surface area contributed by atoms with Crippen LogP contribution in [0.1, 0.15) is 40.2 Å². The Balaban J connectivity index is 0.000000461. The van der Waals surface area contributed by atoms with E-state index in [-0.39, 0.29) is 5.41 Å². The standard InChI is InChI=1S/C7H11NO.C2H6/c1-7(2,3)6-4-8-9-5-6;1-2/h4-5H,1-3H3;1-2H3. The molecule has 0 saturated carbocycles. The topological polar surface area (TPSA) is 26.0 Å². The van der Waals surface area contributed by atoms with Gasteiger partial charge in [-0.05, 0) is 5.41 Å². The molecule has 0 amide bonds. The van der Waals surface area contributed by atoms with Crippen molar-refractivity contribution < 1.29 is 4.52 Å². The molecule has 0 aliphatic heterocycles. The van der Waals surface area contributed by atoms with E-state index in [1.54, 1.807) is 12.5 Å². The van der Waals surface area contributed by atoms with Gasteiger partial charge >= 0.3 is 0 Å². The Kier molecular flexibility index (Phi) is 3.86. The Labute approximate surface area is 68.6 Å². The highest BCUT2D eigenvalue weighted by Gasteiger charge is 2.14. The Morgan fingerprint density at radius 1 is 1.27 bits per heavy atom. The highest BCUT2D eigenvalue weighted by molar-refractivity contribution is 5.12. The molecule has 1 heterocycles. The monoisotopic (exact) mass is 155 g/mol. The van der Waals surface area contributed by atoms with Gasteiger partial charge in [-0.1, -0.05) is 39.8 Å². The van der Waals surface area contributed by atoms with E-state index >= 15 is 0 Å². The first-order valence-corrected chi connectivity index (χ1v) is 4.00. The lowest BCUT2D eigenvalue weighted by atomic mass is 9.90. The molecule has 0 aliphatic rings.